The van der Waals surface area contributed by atoms with E-state index in [1.165, 1.54) is 0 Å². The first kappa shape index (κ1) is 13.5. The van der Waals surface area contributed by atoms with E-state index >= 15 is 0 Å². The van der Waals surface area contributed by atoms with E-state index in [9.17, 15) is 5.11 Å². The third kappa shape index (κ3) is 2.67. The number of nitrogens with two attached hydrogens (primary N) is 1. The number of nitrogens with one attached hydrogen (secondary N) is 1. The Labute approximate surface area is 123 Å². The number of rotatable bonds is 2. The molecule has 0 bridgehead atoms. The number of aromatic nitrogens is 1. The van der Waals surface area contributed by atoms with Crippen molar-refractivity contribution in [3.05, 3.63) is 29.4 Å². The van der Waals surface area contributed by atoms with E-state index in [1.807, 2.05) is 12.1 Å². The molecule has 0 aliphatic heterocycles. The van der Waals surface area contributed by atoms with E-state index in [4.69, 9.17) is 17.3 Å². The number of nitrogens with zero attached hydrogens (tertiary/aromatic N) is 1. The van der Waals surface area contributed by atoms with Crippen LogP contribution in [-0.2, 0) is 0 Å². The zero-order valence-corrected chi connectivity index (χ0v) is 11.9. The molecular formula is C15H18ClN3O. The second kappa shape index (κ2) is 5.46. The first-order valence-corrected chi connectivity index (χ1v) is 7.29. The molecule has 1 aliphatic rings. The Morgan fingerprint density at radius 3 is 2.70 bits per heavy atom. The molecule has 1 heterocycles. The van der Waals surface area contributed by atoms with Crippen LogP contribution in [0.1, 0.15) is 25.7 Å². The number of aliphatic hydroxyl groups excluding tert-OH is 1. The summed E-state index contributed by atoms with van der Waals surface area (Å²) in [6.45, 7) is 0. The second-order valence-electron chi connectivity index (χ2n) is 5.40. The number of fused-ring (bicyclic) bond motifs is 1. The molecule has 0 atom stereocenters. The van der Waals surface area contributed by atoms with Gasteiger partial charge in [0.1, 0.15) is 5.82 Å². The highest BCUT2D eigenvalue weighted by molar-refractivity contribution is 6.32. The van der Waals surface area contributed by atoms with Gasteiger partial charge in [0.15, 0.2) is 0 Å². The lowest BCUT2D eigenvalue weighted by Crippen LogP contribution is -2.28. The summed E-state index contributed by atoms with van der Waals surface area (Å²) in [5, 5.41) is 15.5. The van der Waals surface area contributed by atoms with Gasteiger partial charge < -0.3 is 16.2 Å². The molecule has 2 aromatic rings. The van der Waals surface area contributed by atoms with Gasteiger partial charge in [-0.2, -0.15) is 0 Å². The molecule has 1 aliphatic carbocycles. The molecule has 0 unspecified atom stereocenters. The summed E-state index contributed by atoms with van der Waals surface area (Å²) in [5.74, 6) is 0.818. The van der Waals surface area contributed by atoms with Crippen molar-refractivity contribution in [2.45, 2.75) is 37.8 Å². The van der Waals surface area contributed by atoms with Gasteiger partial charge in [0.2, 0.25) is 0 Å². The quantitative estimate of drug-likeness (QED) is 0.743. The highest BCUT2D eigenvalue weighted by Crippen LogP contribution is 2.31. The SMILES string of the molecule is Nc1cc(Cl)cc2c(NC3CCC(O)CC3)nccc12. The summed E-state index contributed by atoms with van der Waals surface area (Å²) < 4.78 is 0. The summed E-state index contributed by atoms with van der Waals surface area (Å²) in [4.78, 5) is 4.41. The van der Waals surface area contributed by atoms with Crippen LogP contribution in [0.25, 0.3) is 10.8 Å². The van der Waals surface area contributed by atoms with Crippen molar-refractivity contribution >= 4 is 33.9 Å². The lowest BCUT2D eigenvalue weighted by atomic mass is 9.93. The third-order valence-electron chi connectivity index (χ3n) is 3.91. The van der Waals surface area contributed by atoms with Crippen molar-refractivity contribution in [2.24, 2.45) is 0 Å². The van der Waals surface area contributed by atoms with E-state index in [0.717, 1.165) is 42.3 Å². The van der Waals surface area contributed by atoms with Crippen LogP contribution < -0.4 is 11.1 Å². The molecule has 20 heavy (non-hydrogen) atoms. The van der Waals surface area contributed by atoms with Crippen molar-refractivity contribution < 1.29 is 5.11 Å². The predicted molar refractivity (Wildman–Crippen MR) is 83.1 cm³/mol. The summed E-state index contributed by atoms with van der Waals surface area (Å²) in [7, 11) is 0. The number of anilines is 2. The fraction of sp³-hybridized carbons (Fsp3) is 0.400. The molecule has 0 spiro atoms. The van der Waals surface area contributed by atoms with Crippen LogP contribution in [0.4, 0.5) is 11.5 Å². The minimum Gasteiger partial charge on any atom is -0.398 e. The molecule has 106 valence electrons. The average Bonchev–Trinajstić information content (AvgIpc) is 2.42. The average molecular weight is 292 g/mol. The summed E-state index contributed by atoms with van der Waals surface area (Å²) in [6, 6.07) is 5.89. The van der Waals surface area contributed by atoms with E-state index in [1.54, 1.807) is 12.3 Å². The third-order valence-corrected chi connectivity index (χ3v) is 4.13. The van der Waals surface area contributed by atoms with E-state index < -0.39 is 0 Å². The van der Waals surface area contributed by atoms with Gasteiger partial charge in [-0.3, -0.25) is 0 Å². The van der Waals surface area contributed by atoms with Crippen molar-refractivity contribution in [1.29, 1.82) is 0 Å². The molecule has 1 aromatic heterocycles. The van der Waals surface area contributed by atoms with Gasteiger partial charge in [-0.1, -0.05) is 11.6 Å². The van der Waals surface area contributed by atoms with Crippen molar-refractivity contribution in [3.8, 4) is 0 Å². The molecular weight excluding hydrogens is 274 g/mol. The lowest BCUT2D eigenvalue weighted by Gasteiger charge is -2.27. The number of aliphatic hydroxyl groups is 1. The highest BCUT2D eigenvalue weighted by Gasteiger charge is 2.20. The normalized spacial score (nSPS) is 22.9. The fourth-order valence-corrected chi connectivity index (χ4v) is 3.03. The Hall–Kier alpha value is -1.52. The van der Waals surface area contributed by atoms with Crippen LogP contribution in [0.3, 0.4) is 0 Å². The maximum Gasteiger partial charge on any atom is 0.134 e. The van der Waals surface area contributed by atoms with E-state index in [2.05, 4.69) is 10.3 Å². The van der Waals surface area contributed by atoms with Gasteiger partial charge in [-0.25, -0.2) is 4.98 Å². The van der Waals surface area contributed by atoms with E-state index in [0.29, 0.717) is 16.8 Å². The summed E-state index contributed by atoms with van der Waals surface area (Å²) in [6.07, 6.45) is 5.19. The van der Waals surface area contributed by atoms with Crippen molar-refractivity contribution in [3.63, 3.8) is 0 Å². The van der Waals surface area contributed by atoms with Gasteiger partial charge in [0.05, 0.1) is 6.10 Å². The standard InChI is InChI=1S/C15H18ClN3O/c16-9-7-13-12(14(17)8-9)5-6-18-15(13)19-10-1-3-11(20)4-2-10/h5-8,10-11,20H,1-4,17H2,(H,18,19). The molecule has 3 rings (SSSR count). The van der Waals surface area contributed by atoms with Crippen LogP contribution in [0, 0.1) is 0 Å². The lowest BCUT2D eigenvalue weighted by molar-refractivity contribution is 0.126. The first-order valence-electron chi connectivity index (χ1n) is 6.92. The molecule has 1 aromatic carbocycles. The number of pyridine rings is 1. The topological polar surface area (TPSA) is 71.2 Å². The van der Waals surface area contributed by atoms with Crippen LogP contribution in [0.5, 0.6) is 0 Å². The molecule has 4 nitrogen and oxygen atoms in total. The van der Waals surface area contributed by atoms with Crippen LogP contribution in [-0.4, -0.2) is 22.2 Å². The molecule has 1 fully saturated rings. The Morgan fingerprint density at radius 2 is 1.95 bits per heavy atom. The van der Waals surface area contributed by atoms with Gasteiger partial charge in [0, 0.05) is 33.7 Å². The minimum atomic E-state index is -0.154. The van der Waals surface area contributed by atoms with E-state index in [-0.39, 0.29) is 6.10 Å². The molecule has 1 saturated carbocycles. The number of benzene rings is 1. The molecule has 0 saturated heterocycles. The van der Waals surface area contributed by atoms with Crippen LogP contribution in [0.15, 0.2) is 24.4 Å². The molecule has 0 radical (unpaired) electrons. The second-order valence-corrected chi connectivity index (χ2v) is 5.84. The number of hydrogen-bond acceptors (Lipinski definition) is 4. The molecule has 4 N–H and O–H groups in total. The zero-order chi connectivity index (χ0) is 14.1. The predicted octanol–water partition coefficient (Wildman–Crippen LogP) is 3.19. The number of halogens is 1. The Kier molecular flexibility index (Phi) is 3.68. The Morgan fingerprint density at radius 1 is 1.20 bits per heavy atom. The highest BCUT2D eigenvalue weighted by atomic mass is 35.5. The number of hydrogen-bond donors (Lipinski definition) is 3. The van der Waals surface area contributed by atoms with Crippen LogP contribution in [0.2, 0.25) is 5.02 Å². The monoisotopic (exact) mass is 291 g/mol. The maximum absolute atomic E-state index is 9.56. The van der Waals surface area contributed by atoms with Gasteiger partial charge >= 0.3 is 0 Å². The maximum atomic E-state index is 9.56. The Balaban J connectivity index is 1.91. The van der Waals surface area contributed by atoms with Crippen molar-refractivity contribution in [2.75, 3.05) is 11.1 Å². The van der Waals surface area contributed by atoms with Gasteiger partial charge in [0.25, 0.3) is 0 Å². The molecule has 0 amide bonds. The summed E-state index contributed by atoms with van der Waals surface area (Å²) >= 11 is 6.09. The van der Waals surface area contributed by atoms with Gasteiger partial charge in [-0.15, -0.1) is 0 Å². The smallest absolute Gasteiger partial charge is 0.134 e. The zero-order valence-electron chi connectivity index (χ0n) is 11.1. The summed E-state index contributed by atoms with van der Waals surface area (Å²) in [5.41, 5.74) is 6.67. The van der Waals surface area contributed by atoms with Crippen molar-refractivity contribution in [1.82, 2.24) is 4.98 Å². The number of nitrogen functional groups attached to an aromatic ring is 1. The molecule has 5 heteroatoms. The largest absolute Gasteiger partial charge is 0.398 e. The van der Waals surface area contributed by atoms with Crippen LogP contribution >= 0.6 is 11.6 Å². The van der Waals surface area contributed by atoms with Gasteiger partial charge in [-0.05, 0) is 43.9 Å². The fourth-order valence-electron chi connectivity index (χ4n) is 2.81. The first-order chi connectivity index (χ1) is 9.63. The minimum absolute atomic E-state index is 0.154. The Bertz CT molecular complexity index is 624.